The molecular weight excluding hydrogens is 246 g/mol. The minimum absolute atomic E-state index is 0.0130. The molecule has 2 aromatic rings. The average Bonchev–Trinajstić information content (AvgIpc) is 3.05. The molecular formula is C13H15N3O3. The molecule has 1 aromatic heterocycles. The van der Waals surface area contributed by atoms with Crippen LogP contribution in [0.15, 0.2) is 27.4 Å². The van der Waals surface area contributed by atoms with Gasteiger partial charge in [0.2, 0.25) is 5.91 Å². The van der Waals surface area contributed by atoms with Gasteiger partial charge in [-0.2, -0.15) is 0 Å². The summed E-state index contributed by atoms with van der Waals surface area (Å²) < 4.78 is 4.96. The number of nitrogens with one attached hydrogen (secondary N) is 3. The Hall–Kier alpha value is -2.08. The Labute approximate surface area is 109 Å². The summed E-state index contributed by atoms with van der Waals surface area (Å²) in [6.07, 6.45) is 1.81. The molecule has 3 rings (SSSR count). The highest BCUT2D eigenvalue weighted by Gasteiger charge is 2.49. The summed E-state index contributed by atoms with van der Waals surface area (Å²) in [6.45, 7) is 0.681. The summed E-state index contributed by atoms with van der Waals surface area (Å²) >= 11 is 0. The normalized spacial score (nSPS) is 16.5. The molecule has 0 spiro atoms. The van der Waals surface area contributed by atoms with Gasteiger partial charge in [0, 0.05) is 18.3 Å². The van der Waals surface area contributed by atoms with Crippen molar-refractivity contribution in [3.8, 4) is 0 Å². The number of aromatic nitrogens is 1. The Bertz CT molecular complexity index is 682. The topological polar surface area (TPSA) is 87.1 Å². The summed E-state index contributed by atoms with van der Waals surface area (Å²) in [5.74, 6) is -0.480. The third kappa shape index (κ3) is 2.15. The van der Waals surface area contributed by atoms with Crippen molar-refractivity contribution in [2.45, 2.75) is 12.8 Å². The standard InChI is InChI=1S/C13H15N3O3/c1-14-7-13(4-5-13)11(17)15-8-2-3-9-10(6-8)19-12(18)16-9/h2-3,6,14H,4-5,7H2,1H3,(H,15,17)(H,16,18). The van der Waals surface area contributed by atoms with Crippen molar-refractivity contribution in [2.75, 3.05) is 18.9 Å². The number of rotatable bonds is 4. The van der Waals surface area contributed by atoms with E-state index in [9.17, 15) is 9.59 Å². The monoisotopic (exact) mass is 261 g/mol. The maximum absolute atomic E-state index is 12.2. The lowest BCUT2D eigenvalue weighted by Gasteiger charge is -2.14. The lowest BCUT2D eigenvalue weighted by Crippen LogP contribution is -2.32. The van der Waals surface area contributed by atoms with Crippen molar-refractivity contribution in [3.63, 3.8) is 0 Å². The van der Waals surface area contributed by atoms with Crippen molar-refractivity contribution in [1.29, 1.82) is 0 Å². The second-order valence-electron chi connectivity index (χ2n) is 4.99. The van der Waals surface area contributed by atoms with E-state index < -0.39 is 5.76 Å². The molecule has 1 aliphatic carbocycles. The maximum atomic E-state index is 12.2. The molecule has 3 N–H and O–H groups in total. The largest absolute Gasteiger partial charge is 0.417 e. The molecule has 0 unspecified atom stereocenters. The second-order valence-corrected chi connectivity index (χ2v) is 4.99. The number of oxazole rings is 1. The van der Waals surface area contributed by atoms with Crippen molar-refractivity contribution in [1.82, 2.24) is 10.3 Å². The van der Waals surface area contributed by atoms with Gasteiger partial charge in [0.15, 0.2) is 5.58 Å². The van der Waals surface area contributed by atoms with Crippen LogP contribution in [-0.4, -0.2) is 24.5 Å². The van der Waals surface area contributed by atoms with Gasteiger partial charge in [-0.1, -0.05) is 0 Å². The van der Waals surface area contributed by atoms with E-state index in [4.69, 9.17) is 4.42 Å². The molecule has 1 fully saturated rings. The second kappa shape index (κ2) is 4.24. The summed E-state index contributed by atoms with van der Waals surface area (Å²) in [5.41, 5.74) is 1.44. The van der Waals surface area contributed by atoms with E-state index in [0.717, 1.165) is 12.8 Å². The first kappa shape index (κ1) is 12.0. The zero-order valence-electron chi connectivity index (χ0n) is 10.6. The number of amides is 1. The molecule has 0 aliphatic heterocycles. The van der Waals surface area contributed by atoms with Crippen LogP contribution in [0.1, 0.15) is 12.8 Å². The smallest absolute Gasteiger partial charge is 0.408 e. The Morgan fingerprint density at radius 3 is 2.95 bits per heavy atom. The number of H-pyrrole nitrogens is 1. The van der Waals surface area contributed by atoms with E-state index >= 15 is 0 Å². The molecule has 19 heavy (non-hydrogen) atoms. The van der Waals surface area contributed by atoms with Gasteiger partial charge in [-0.15, -0.1) is 0 Å². The van der Waals surface area contributed by atoms with Crippen molar-refractivity contribution < 1.29 is 9.21 Å². The number of carbonyl (C=O) groups is 1. The minimum Gasteiger partial charge on any atom is -0.408 e. The van der Waals surface area contributed by atoms with Crippen LogP contribution in [-0.2, 0) is 4.79 Å². The predicted octanol–water partition coefficient (Wildman–Crippen LogP) is 1.06. The highest BCUT2D eigenvalue weighted by Crippen LogP contribution is 2.45. The lowest BCUT2D eigenvalue weighted by molar-refractivity contribution is -0.120. The molecule has 0 saturated heterocycles. The molecule has 1 aliphatic rings. The Morgan fingerprint density at radius 1 is 1.47 bits per heavy atom. The number of carbonyl (C=O) groups excluding carboxylic acids is 1. The highest BCUT2D eigenvalue weighted by molar-refractivity contribution is 5.98. The van der Waals surface area contributed by atoms with Gasteiger partial charge in [0.05, 0.1) is 10.9 Å². The average molecular weight is 261 g/mol. The Balaban J connectivity index is 1.81. The molecule has 6 nitrogen and oxygen atoms in total. The van der Waals surface area contributed by atoms with Gasteiger partial charge >= 0.3 is 5.76 Å². The predicted molar refractivity (Wildman–Crippen MR) is 71.1 cm³/mol. The van der Waals surface area contributed by atoms with Crippen LogP contribution < -0.4 is 16.4 Å². The number of fused-ring (bicyclic) bond motifs is 1. The van der Waals surface area contributed by atoms with E-state index in [2.05, 4.69) is 15.6 Å². The molecule has 1 heterocycles. The van der Waals surface area contributed by atoms with Crippen LogP contribution in [0.25, 0.3) is 11.1 Å². The molecule has 100 valence electrons. The first-order valence-electron chi connectivity index (χ1n) is 6.22. The third-order valence-corrected chi connectivity index (χ3v) is 3.53. The molecule has 0 bridgehead atoms. The summed E-state index contributed by atoms with van der Waals surface area (Å²) in [6, 6.07) is 5.12. The van der Waals surface area contributed by atoms with Crippen LogP contribution in [0.5, 0.6) is 0 Å². The number of hydrogen-bond acceptors (Lipinski definition) is 4. The summed E-state index contributed by atoms with van der Waals surface area (Å²) in [4.78, 5) is 25.8. The number of hydrogen-bond donors (Lipinski definition) is 3. The zero-order valence-corrected chi connectivity index (χ0v) is 10.6. The number of aromatic amines is 1. The fourth-order valence-electron chi connectivity index (χ4n) is 2.26. The minimum atomic E-state index is -0.493. The Kier molecular flexibility index (Phi) is 2.67. The lowest BCUT2D eigenvalue weighted by atomic mass is 10.1. The highest BCUT2D eigenvalue weighted by atomic mass is 16.4. The van der Waals surface area contributed by atoms with Crippen LogP contribution in [0.4, 0.5) is 5.69 Å². The molecule has 0 radical (unpaired) electrons. The van der Waals surface area contributed by atoms with E-state index in [1.54, 1.807) is 18.2 Å². The zero-order chi connectivity index (χ0) is 13.5. The van der Waals surface area contributed by atoms with Crippen molar-refractivity contribution in [2.24, 2.45) is 5.41 Å². The fraction of sp³-hybridized carbons (Fsp3) is 0.385. The molecule has 0 atom stereocenters. The summed E-state index contributed by atoms with van der Waals surface area (Å²) in [7, 11) is 1.84. The van der Waals surface area contributed by atoms with Crippen LogP contribution in [0, 0.1) is 5.41 Å². The van der Waals surface area contributed by atoms with E-state index in [1.165, 1.54) is 0 Å². The first-order valence-corrected chi connectivity index (χ1v) is 6.22. The SMILES string of the molecule is CNCC1(C(=O)Nc2ccc3[nH]c(=O)oc3c2)CC1. The quantitative estimate of drug-likeness (QED) is 0.768. The maximum Gasteiger partial charge on any atom is 0.417 e. The van der Waals surface area contributed by atoms with Crippen LogP contribution >= 0.6 is 0 Å². The number of benzene rings is 1. The van der Waals surface area contributed by atoms with Gasteiger partial charge in [-0.3, -0.25) is 9.78 Å². The third-order valence-electron chi connectivity index (χ3n) is 3.53. The van der Waals surface area contributed by atoms with Gasteiger partial charge in [0.25, 0.3) is 0 Å². The van der Waals surface area contributed by atoms with Gasteiger partial charge in [-0.05, 0) is 32.0 Å². The van der Waals surface area contributed by atoms with Crippen molar-refractivity contribution in [3.05, 3.63) is 28.7 Å². The number of anilines is 1. The molecule has 6 heteroatoms. The van der Waals surface area contributed by atoms with Crippen LogP contribution in [0.2, 0.25) is 0 Å². The van der Waals surface area contributed by atoms with E-state index in [1.807, 2.05) is 7.05 Å². The first-order chi connectivity index (χ1) is 9.13. The molecule has 1 amide bonds. The van der Waals surface area contributed by atoms with Gasteiger partial charge < -0.3 is 15.1 Å². The van der Waals surface area contributed by atoms with E-state index in [0.29, 0.717) is 23.3 Å². The van der Waals surface area contributed by atoms with Crippen molar-refractivity contribution >= 4 is 22.7 Å². The molecule has 1 saturated carbocycles. The van der Waals surface area contributed by atoms with Gasteiger partial charge in [0.1, 0.15) is 0 Å². The van der Waals surface area contributed by atoms with Gasteiger partial charge in [-0.25, -0.2) is 4.79 Å². The fourth-order valence-corrected chi connectivity index (χ4v) is 2.26. The molecule has 1 aromatic carbocycles. The van der Waals surface area contributed by atoms with Crippen LogP contribution in [0.3, 0.4) is 0 Å². The Morgan fingerprint density at radius 2 is 2.26 bits per heavy atom. The summed E-state index contributed by atoms with van der Waals surface area (Å²) in [5, 5.41) is 5.92. The van der Waals surface area contributed by atoms with E-state index in [-0.39, 0.29) is 11.3 Å².